The summed E-state index contributed by atoms with van der Waals surface area (Å²) in [4.78, 5) is 20.2. The van der Waals surface area contributed by atoms with Gasteiger partial charge in [-0.1, -0.05) is 0 Å². The molecule has 1 aromatic carbocycles. The molecule has 8 nitrogen and oxygen atoms in total. The van der Waals surface area contributed by atoms with Crippen LogP contribution in [0.3, 0.4) is 0 Å². The first-order valence-electron chi connectivity index (χ1n) is 9.09. The molecular formula is C20H15F3N6O2. The summed E-state index contributed by atoms with van der Waals surface area (Å²) in [5, 5.41) is 3.10. The number of hydrogen-bond acceptors (Lipinski definition) is 8. The minimum atomic E-state index is -4.56. The Balaban J connectivity index is 1.32. The third-order valence-corrected chi connectivity index (χ3v) is 4.05. The van der Waals surface area contributed by atoms with Gasteiger partial charge in [0, 0.05) is 18.6 Å². The smallest absolute Gasteiger partial charge is 0.421 e. The Morgan fingerprint density at radius 1 is 0.839 bits per heavy atom. The summed E-state index contributed by atoms with van der Waals surface area (Å²) in [6.45, 7) is 0.744. The van der Waals surface area contributed by atoms with E-state index in [1.165, 1.54) is 30.7 Å². The summed E-state index contributed by atoms with van der Waals surface area (Å²) in [5.74, 6) is 0.772. The summed E-state index contributed by atoms with van der Waals surface area (Å²) in [6.07, 6.45) is 1.18. The van der Waals surface area contributed by atoms with Gasteiger partial charge in [0.2, 0.25) is 5.88 Å². The number of anilines is 1. The Kier molecular flexibility index (Phi) is 5.74. The van der Waals surface area contributed by atoms with E-state index in [2.05, 4.69) is 30.2 Å². The normalized spacial score (nSPS) is 11.3. The lowest BCUT2D eigenvalue weighted by Gasteiger charge is -2.12. The molecule has 0 amide bonds. The van der Waals surface area contributed by atoms with E-state index in [-0.39, 0.29) is 5.75 Å². The monoisotopic (exact) mass is 428 g/mol. The summed E-state index contributed by atoms with van der Waals surface area (Å²) < 4.78 is 50.0. The molecule has 0 spiro atoms. The van der Waals surface area contributed by atoms with Crippen LogP contribution in [0.5, 0.6) is 17.4 Å². The predicted molar refractivity (Wildman–Crippen MR) is 105 cm³/mol. The van der Waals surface area contributed by atoms with Crippen LogP contribution in [0.4, 0.5) is 19.0 Å². The van der Waals surface area contributed by atoms with E-state index in [4.69, 9.17) is 9.47 Å². The fourth-order valence-corrected chi connectivity index (χ4v) is 2.67. The topological polar surface area (TPSA) is 94.9 Å². The van der Waals surface area contributed by atoms with Gasteiger partial charge in [-0.05, 0) is 36.4 Å². The zero-order valence-electron chi connectivity index (χ0n) is 15.9. The van der Waals surface area contributed by atoms with Crippen molar-refractivity contribution in [1.82, 2.24) is 24.9 Å². The number of benzene rings is 1. The van der Waals surface area contributed by atoms with Crippen molar-refractivity contribution in [3.63, 3.8) is 0 Å². The van der Waals surface area contributed by atoms with Crippen LogP contribution in [0, 0.1) is 0 Å². The molecule has 3 aromatic heterocycles. The molecule has 0 saturated carbocycles. The summed E-state index contributed by atoms with van der Waals surface area (Å²) >= 11 is 0. The van der Waals surface area contributed by atoms with Crippen LogP contribution in [-0.4, -0.2) is 38.1 Å². The van der Waals surface area contributed by atoms with Crippen LogP contribution in [0.25, 0.3) is 11.2 Å². The molecule has 158 valence electrons. The standard InChI is InChI=1S/C20H15F3N6O2/c21-20(22,23)15-2-1-7-27-19(15)31-14-5-3-13(4-6-14)30-11-10-26-18-16-17(28-12-29-18)25-9-8-24-16/h1-9,12H,10-11H2,(H,25,26,28,29). The van der Waals surface area contributed by atoms with E-state index >= 15 is 0 Å². The molecule has 11 heteroatoms. The first kappa shape index (κ1) is 20.3. The fraction of sp³-hybridized carbons (Fsp3) is 0.150. The molecular weight excluding hydrogens is 413 g/mol. The summed E-state index contributed by atoms with van der Waals surface area (Å²) in [5.41, 5.74) is 0.0979. The third-order valence-electron chi connectivity index (χ3n) is 4.05. The van der Waals surface area contributed by atoms with Crippen molar-refractivity contribution in [2.24, 2.45) is 0 Å². The second-order valence-electron chi connectivity index (χ2n) is 6.15. The lowest BCUT2D eigenvalue weighted by atomic mass is 10.2. The number of rotatable bonds is 7. The number of pyridine rings is 1. The molecule has 0 aliphatic heterocycles. The van der Waals surface area contributed by atoms with Crippen molar-refractivity contribution >= 4 is 17.0 Å². The van der Waals surface area contributed by atoms with E-state index < -0.39 is 17.6 Å². The highest BCUT2D eigenvalue weighted by Gasteiger charge is 2.35. The first-order chi connectivity index (χ1) is 15.0. The maximum atomic E-state index is 13.0. The number of ether oxygens (including phenoxy) is 2. The SMILES string of the molecule is FC(F)(F)c1cccnc1Oc1ccc(OCCNc2ncnc3nccnc23)cc1. The Bertz CT molecular complexity index is 1170. The van der Waals surface area contributed by atoms with Crippen molar-refractivity contribution in [3.05, 3.63) is 66.9 Å². The number of nitrogens with zero attached hydrogens (tertiary/aromatic N) is 5. The first-order valence-corrected chi connectivity index (χ1v) is 9.09. The molecule has 0 fully saturated rings. The zero-order chi connectivity index (χ0) is 21.7. The fourth-order valence-electron chi connectivity index (χ4n) is 2.67. The van der Waals surface area contributed by atoms with Crippen LogP contribution in [-0.2, 0) is 6.18 Å². The number of aromatic nitrogens is 5. The van der Waals surface area contributed by atoms with Gasteiger partial charge in [0.15, 0.2) is 11.5 Å². The quantitative estimate of drug-likeness (QED) is 0.440. The maximum absolute atomic E-state index is 13.0. The van der Waals surface area contributed by atoms with Gasteiger partial charge in [-0.3, -0.25) is 0 Å². The van der Waals surface area contributed by atoms with Gasteiger partial charge in [0.1, 0.15) is 35.5 Å². The van der Waals surface area contributed by atoms with E-state index in [1.807, 2.05) is 0 Å². The highest BCUT2D eigenvalue weighted by molar-refractivity contribution is 5.81. The van der Waals surface area contributed by atoms with Crippen LogP contribution < -0.4 is 14.8 Å². The molecule has 0 atom stereocenters. The van der Waals surface area contributed by atoms with E-state index in [0.717, 1.165) is 6.07 Å². The van der Waals surface area contributed by atoms with Gasteiger partial charge in [-0.15, -0.1) is 0 Å². The second-order valence-corrected chi connectivity index (χ2v) is 6.15. The van der Waals surface area contributed by atoms with Crippen molar-refractivity contribution in [3.8, 4) is 17.4 Å². The molecule has 4 rings (SSSR count). The number of hydrogen-bond donors (Lipinski definition) is 1. The van der Waals surface area contributed by atoms with Crippen LogP contribution in [0.15, 0.2) is 61.3 Å². The highest BCUT2D eigenvalue weighted by Crippen LogP contribution is 2.36. The predicted octanol–water partition coefficient (Wildman–Crippen LogP) is 4.12. The average molecular weight is 428 g/mol. The molecule has 0 aliphatic rings. The molecule has 1 N–H and O–H groups in total. The minimum Gasteiger partial charge on any atom is -0.492 e. The second kappa shape index (κ2) is 8.78. The lowest BCUT2D eigenvalue weighted by Crippen LogP contribution is -2.13. The summed E-state index contributed by atoms with van der Waals surface area (Å²) in [6, 6.07) is 8.32. The molecule has 31 heavy (non-hydrogen) atoms. The van der Waals surface area contributed by atoms with Crippen LogP contribution in [0.2, 0.25) is 0 Å². The Labute approximate surface area is 174 Å². The van der Waals surface area contributed by atoms with Gasteiger partial charge in [0.25, 0.3) is 0 Å². The van der Waals surface area contributed by atoms with Crippen molar-refractivity contribution in [2.45, 2.75) is 6.18 Å². The Hall–Kier alpha value is -4.02. The molecule has 0 aliphatic carbocycles. The Morgan fingerprint density at radius 2 is 1.61 bits per heavy atom. The largest absolute Gasteiger partial charge is 0.492 e. The number of halogens is 3. The number of fused-ring (bicyclic) bond motifs is 1. The van der Waals surface area contributed by atoms with Crippen molar-refractivity contribution < 1.29 is 22.6 Å². The van der Waals surface area contributed by atoms with Crippen LogP contribution >= 0.6 is 0 Å². The third kappa shape index (κ3) is 4.94. The highest BCUT2D eigenvalue weighted by atomic mass is 19.4. The molecule has 4 aromatic rings. The molecule has 0 unspecified atom stereocenters. The molecule has 0 saturated heterocycles. The van der Waals surface area contributed by atoms with Crippen LogP contribution in [0.1, 0.15) is 5.56 Å². The zero-order valence-corrected chi connectivity index (χ0v) is 15.9. The molecule has 3 heterocycles. The maximum Gasteiger partial charge on any atom is 0.421 e. The number of alkyl halides is 3. The van der Waals surface area contributed by atoms with E-state index in [1.54, 1.807) is 24.5 Å². The van der Waals surface area contributed by atoms with E-state index in [9.17, 15) is 13.2 Å². The van der Waals surface area contributed by atoms with Gasteiger partial charge < -0.3 is 14.8 Å². The van der Waals surface area contributed by atoms with Gasteiger partial charge >= 0.3 is 6.18 Å². The Morgan fingerprint density at radius 3 is 2.42 bits per heavy atom. The van der Waals surface area contributed by atoms with Crippen molar-refractivity contribution in [1.29, 1.82) is 0 Å². The van der Waals surface area contributed by atoms with Gasteiger partial charge in [0.05, 0.1) is 6.54 Å². The lowest BCUT2D eigenvalue weighted by molar-refractivity contribution is -0.138. The molecule has 0 bridgehead atoms. The van der Waals surface area contributed by atoms with Gasteiger partial charge in [-0.2, -0.15) is 13.2 Å². The average Bonchev–Trinajstić information content (AvgIpc) is 2.77. The minimum absolute atomic E-state index is 0.209. The van der Waals surface area contributed by atoms with Gasteiger partial charge in [-0.25, -0.2) is 24.9 Å². The van der Waals surface area contributed by atoms with E-state index in [0.29, 0.717) is 35.9 Å². The number of nitrogens with one attached hydrogen (secondary N) is 1. The van der Waals surface area contributed by atoms with Crippen molar-refractivity contribution in [2.75, 3.05) is 18.5 Å². The molecule has 0 radical (unpaired) electrons. The summed E-state index contributed by atoms with van der Waals surface area (Å²) in [7, 11) is 0.